The van der Waals surface area contributed by atoms with E-state index < -0.39 is 35.4 Å². The Kier molecular flexibility index (Phi) is 5.32. The number of ether oxygens (including phenoxy) is 1. The minimum Gasteiger partial charge on any atom is -0.492 e. The summed E-state index contributed by atoms with van der Waals surface area (Å²) in [6, 6.07) is 2.58. The molecule has 20 heavy (non-hydrogen) atoms. The van der Waals surface area contributed by atoms with Crippen LogP contribution < -0.4 is 4.74 Å². The highest BCUT2D eigenvalue weighted by atomic mass is 32.2. The third-order valence-electron chi connectivity index (χ3n) is 2.05. The number of halogens is 6. The second-order valence-electron chi connectivity index (χ2n) is 3.51. The van der Waals surface area contributed by atoms with Crippen molar-refractivity contribution in [1.29, 1.82) is 0 Å². The maximum absolute atomic E-state index is 12.7. The number of hydrogen-bond donors (Lipinski definition) is 0. The van der Waals surface area contributed by atoms with Crippen LogP contribution >= 0.6 is 11.8 Å². The Morgan fingerprint density at radius 2 is 1.80 bits per heavy atom. The number of carbonyl (C=O) groups excluding carboxylic acids is 1. The SMILES string of the molecule is O=Cc1ccc(OCCSC(F)(F)F)c(C(F)(F)F)c1. The molecule has 1 aromatic carbocycles. The number of hydrogen-bond acceptors (Lipinski definition) is 3. The van der Waals surface area contributed by atoms with E-state index in [-0.39, 0.29) is 23.6 Å². The van der Waals surface area contributed by atoms with Crippen LogP contribution in [0.5, 0.6) is 5.75 Å². The lowest BCUT2D eigenvalue weighted by atomic mass is 10.1. The van der Waals surface area contributed by atoms with Gasteiger partial charge in [0.1, 0.15) is 12.0 Å². The Hall–Kier alpha value is -1.38. The normalized spacial score (nSPS) is 12.3. The van der Waals surface area contributed by atoms with Crippen molar-refractivity contribution < 1.29 is 35.9 Å². The molecule has 0 bridgehead atoms. The van der Waals surface area contributed by atoms with Gasteiger partial charge in [-0.3, -0.25) is 4.79 Å². The number of carbonyl (C=O) groups is 1. The molecule has 0 unspecified atom stereocenters. The molecular formula is C11H8F6O2S. The summed E-state index contributed by atoms with van der Waals surface area (Å²) in [7, 11) is 0. The summed E-state index contributed by atoms with van der Waals surface area (Å²) in [5.41, 5.74) is -5.86. The van der Waals surface area contributed by atoms with Crippen molar-refractivity contribution >= 4 is 18.0 Å². The topological polar surface area (TPSA) is 26.3 Å². The first-order valence-electron chi connectivity index (χ1n) is 5.13. The van der Waals surface area contributed by atoms with Crippen LogP contribution in [0.3, 0.4) is 0 Å². The monoisotopic (exact) mass is 318 g/mol. The summed E-state index contributed by atoms with van der Waals surface area (Å²) in [5.74, 6) is -1.14. The van der Waals surface area contributed by atoms with Crippen molar-refractivity contribution in [3.8, 4) is 5.75 Å². The molecule has 9 heteroatoms. The van der Waals surface area contributed by atoms with E-state index >= 15 is 0 Å². The minimum atomic E-state index is -4.76. The van der Waals surface area contributed by atoms with Crippen LogP contribution in [0.2, 0.25) is 0 Å². The van der Waals surface area contributed by atoms with Gasteiger partial charge in [-0.05, 0) is 30.0 Å². The van der Waals surface area contributed by atoms with E-state index in [9.17, 15) is 31.1 Å². The zero-order chi connectivity index (χ0) is 15.4. The third-order valence-corrected chi connectivity index (χ3v) is 2.75. The van der Waals surface area contributed by atoms with Crippen LogP contribution in [0.15, 0.2) is 18.2 Å². The largest absolute Gasteiger partial charge is 0.492 e. The predicted molar refractivity (Wildman–Crippen MR) is 60.8 cm³/mol. The molecular weight excluding hydrogens is 310 g/mol. The fraction of sp³-hybridized carbons (Fsp3) is 0.364. The zero-order valence-corrected chi connectivity index (χ0v) is 10.5. The smallest absolute Gasteiger partial charge is 0.441 e. The van der Waals surface area contributed by atoms with Crippen LogP contribution in [0.4, 0.5) is 26.3 Å². The molecule has 0 atom stereocenters. The molecule has 0 saturated carbocycles. The lowest BCUT2D eigenvalue weighted by Gasteiger charge is -2.14. The highest BCUT2D eigenvalue weighted by Crippen LogP contribution is 2.37. The van der Waals surface area contributed by atoms with E-state index in [1.54, 1.807) is 0 Å². The zero-order valence-electron chi connectivity index (χ0n) is 9.72. The average Bonchev–Trinajstić information content (AvgIpc) is 2.32. The number of thioether (sulfide) groups is 1. The Morgan fingerprint density at radius 1 is 1.15 bits per heavy atom. The lowest BCUT2D eigenvalue weighted by molar-refractivity contribution is -0.138. The molecule has 0 spiro atoms. The first kappa shape index (κ1) is 16.7. The van der Waals surface area contributed by atoms with Gasteiger partial charge in [0.05, 0.1) is 12.2 Å². The molecule has 0 saturated heterocycles. The van der Waals surface area contributed by atoms with Gasteiger partial charge in [0.15, 0.2) is 0 Å². The van der Waals surface area contributed by atoms with Gasteiger partial charge in [0.25, 0.3) is 0 Å². The van der Waals surface area contributed by atoms with Crippen molar-refractivity contribution in [1.82, 2.24) is 0 Å². The number of rotatable bonds is 5. The van der Waals surface area contributed by atoms with Gasteiger partial charge in [-0.25, -0.2) is 0 Å². The van der Waals surface area contributed by atoms with Crippen LogP contribution in [0.1, 0.15) is 15.9 Å². The molecule has 0 heterocycles. The van der Waals surface area contributed by atoms with Crippen LogP contribution in [0, 0.1) is 0 Å². The highest BCUT2D eigenvalue weighted by molar-refractivity contribution is 8.00. The summed E-state index contributed by atoms with van der Waals surface area (Å²) in [4.78, 5) is 10.4. The molecule has 0 aliphatic carbocycles. The minimum absolute atomic E-state index is 0.200. The standard InChI is InChI=1S/C11H8F6O2S/c12-10(13,14)8-5-7(6-18)1-2-9(8)19-3-4-20-11(15,16)17/h1-2,5-6H,3-4H2. The summed E-state index contributed by atoms with van der Waals surface area (Å²) in [6.07, 6.45) is -4.52. The molecule has 0 amide bonds. The highest BCUT2D eigenvalue weighted by Gasteiger charge is 2.35. The molecule has 0 fully saturated rings. The van der Waals surface area contributed by atoms with Crippen LogP contribution in [-0.4, -0.2) is 24.2 Å². The van der Waals surface area contributed by atoms with E-state index in [1.807, 2.05) is 0 Å². The fourth-order valence-corrected chi connectivity index (χ4v) is 1.68. The van der Waals surface area contributed by atoms with E-state index in [0.717, 1.165) is 12.1 Å². The quantitative estimate of drug-likeness (QED) is 0.463. The Bertz CT molecular complexity index is 469. The van der Waals surface area contributed by atoms with Gasteiger partial charge in [0, 0.05) is 11.3 Å². The van der Waals surface area contributed by atoms with E-state index in [4.69, 9.17) is 4.74 Å². The first-order valence-corrected chi connectivity index (χ1v) is 6.12. The third kappa shape index (κ3) is 5.32. The van der Waals surface area contributed by atoms with Crippen LogP contribution in [-0.2, 0) is 6.18 Å². The van der Waals surface area contributed by atoms with E-state index in [1.165, 1.54) is 0 Å². The maximum atomic E-state index is 12.7. The summed E-state index contributed by atoms with van der Waals surface area (Å²) in [6.45, 7) is -0.534. The van der Waals surface area contributed by atoms with E-state index in [0.29, 0.717) is 6.07 Å². The van der Waals surface area contributed by atoms with Crippen molar-refractivity contribution in [2.45, 2.75) is 11.7 Å². The molecule has 1 rings (SSSR count). The van der Waals surface area contributed by atoms with Gasteiger partial charge in [-0.1, -0.05) is 0 Å². The van der Waals surface area contributed by atoms with Crippen LogP contribution in [0.25, 0.3) is 0 Å². The number of benzene rings is 1. The lowest BCUT2D eigenvalue weighted by Crippen LogP contribution is -2.12. The Balaban J connectivity index is 2.77. The average molecular weight is 318 g/mol. The van der Waals surface area contributed by atoms with E-state index in [2.05, 4.69) is 0 Å². The first-order chi connectivity index (χ1) is 9.13. The predicted octanol–water partition coefficient (Wildman–Crippen LogP) is 4.15. The van der Waals surface area contributed by atoms with Crippen molar-refractivity contribution in [3.05, 3.63) is 29.3 Å². The van der Waals surface area contributed by atoms with Crippen molar-refractivity contribution in [2.24, 2.45) is 0 Å². The van der Waals surface area contributed by atoms with Crippen molar-refractivity contribution in [3.63, 3.8) is 0 Å². The van der Waals surface area contributed by atoms with Gasteiger partial charge >= 0.3 is 11.7 Å². The Morgan fingerprint density at radius 3 is 2.30 bits per heavy atom. The molecule has 1 aromatic rings. The molecule has 0 aliphatic heterocycles. The summed E-state index contributed by atoms with van der Waals surface area (Å²) >= 11 is -0.389. The second-order valence-corrected chi connectivity index (χ2v) is 4.67. The maximum Gasteiger partial charge on any atom is 0.441 e. The molecule has 0 N–H and O–H groups in total. The Labute approximate surface area is 114 Å². The number of alkyl halides is 6. The van der Waals surface area contributed by atoms with Gasteiger partial charge < -0.3 is 4.74 Å². The molecule has 0 aromatic heterocycles. The fourth-order valence-electron chi connectivity index (χ4n) is 1.28. The molecule has 0 radical (unpaired) electrons. The number of aldehydes is 1. The van der Waals surface area contributed by atoms with Gasteiger partial charge in [0.2, 0.25) is 0 Å². The molecule has 0 aliphatic rings. The summed E-state index contributed by atoms with van der Waals surface area (Å²) < 4.78 is 78.3. The van der Waals surface area contributed by atoms with Gasteiger partial charge in [-0.2, -0.15) is 26.3 Å². The van der Waals surface area contributed by atoms with Gasteiger partial charge in [-0.15, -0.1) is 0 Å². The molecule has 2 nitrogen and oxygen atoms in total. The summed E-state index contributed by atoms with van der Waals surface area (Å²) in [5, 5.41) is 0. The van der Waals surface area contributed by atoms with Crippen molar-refractivity contribution in [2.75, 3.05) is 12.4 Å². The molecule has 112 valence electrons. The second kappa shape index (κ2) is 6.38.